The lowest BCUT2D eigenvalue weighted by molar-refractivity contribution is 0.355. The molecule has 20 heavy (non-hydrogen) atoms. The summed E-state index contributed by atoms with van der Waals surface area (Å²) >= 11 is 5.47. The van der Waals surface area contributed by atoms with Gasteiger partial charge in [-0.25, -0.2) is 0 Å². The highest BCUT2D eigenvalue weighted by molar-refractivity contribution is 7.80. The van der Waals surface area contributed by atoms with Crippen LogP contribution in [-0.2, 0) is 6.54 Å². The lowest BCUT2D eigenvalue weighted by atomic mass is 10.1. The first-order valence-electron chi connectivity index (χ1n) is 6.37. The summed E-state index contributed by atoms with van der Waals surface area (Å²) in [4.78, 5) is 0.726. The van der Waals surface area contributed by atoms with Crippen molar-refractivity contribution >= 4 is 17.2 Å². The second-order valence-corrected chi connectivity index (χ2v) is 5.12. The Bertz CT molecular complexity index is 691. The molecule has 1 aromatic carbocycles. The molecule has 4 nitrogen and oxygen atoms in total. The molecule has 0 saturated heterocycles. The van der Waals surface area contributed by atoms with Gasteiger partial charge in [-0.2, -0.15) is 0 Å². The fourth-order valence-electron chi connectivity index (χ4n) is 2.58. The summed E-state index contributed by atoms with van der Waals surface area (Å²) in [5, 5.41) is 3.27. The molecular weight excluding hydrogens is 272 g/mol. The Labute approximate surface area is 123 Å². The van der Waals surface area contributed by atoms with E-state index in [1.807, 2.05) is 12.1 Å². The van der Waals surface area contributed by atoms with E-state index in [2.05, 4.69) is 28.9 Å². The number of hydrogen-bond acceptors (Lipinski definition) is 3. The van der Waals surface area contributed by atoms with Crippen molar-refractivity contribution in [1.82, 2.24) is 9.88 Å². The summed E-state index contributed by atoms with van der Waals surface area (Å²) in [5.74, 6) is 1.39. The first-order chi connectivity index (χ1) is 9.65. The summed E-state index contributed by atoms with van der Waals surface area (Å²) in [5.41, 5.74) is 4.32. The van der Waals surface area contributed by atoms with Crippen molar-refractivity contribution in [2.45, 2.75) is 13.5 Å². The van der Waals surface area contributed by atoms with Crippen LogP contribution in [0.3, 0.4) is 0 Å². The number of aryl methyl sites for hydroxylation is 1. The lowest BCUT2D eigenvalue weighted by Gasteiger charge is -2.16. The van der Waals surface area contributed by atoms with Crippen LogP contribution in [0, 0.1) is 6.92 Å². The van der Waals surface area contributed by atoms with Crippen LogP contribution in [0.5, 0.6) is 11.5 Å². The number of thiocarbonyl (C=S) groups is 1. The molecule has 3 rings (SSSR count). The molecule has 0 radical (unpaired) electrons. The quantitative estimate of drug-likeness (QED) is 0.862. The number of nitrogens with one attached hydrogen (secondary N) is 1. The molecular formula is C15H16N2O2S. The zero-order chi connectivity index (χ0) is 14.3. The molecule has 0 saturated carbocycles. The van der Waals surface area contributed by atoms with Crippen LogP contribution in [0.4, 0.5) is 0 Å². The van der Waals surface area contributed by atoms with Gasteiger partial charge in [0.05, 0.1) is 26.5 Å². The van der Waals surface area contributed by atoms with Gasteiger partial charge in [0.15, 0.2) is 11.5 Å². The molecule has 1 N–H and O–H groups in total. The molecule has 1 aromatic heterocycles. The van der Waals surface area contributed by atoms with Crippen molar-refractivity contribution in [3.63, 3.8) is 0 Å². The van der Waals surface area contributed by atoms with E-state index in [9.17, 15) is 0 Å². The zero-order valence-corrected chi connectivity index (χ0v) is 12.5. The summed E-state index contributed by atoms with van der Waals surface area (Å²) < 4.78 is 13.0. The Morgan fingerprint density at radius 1 is 1.15 bits per heavy atom. The van der Waals surface area contributed by atoms with E-state index < -0.39 is 0 Å². The highest BCUT2D eigenvalue weighted by atomic mass is 32.1. The summed E-state index contributed by atoms with van der Waals surface area (Å²) in [6.45, 7) is 2.80. The van der Waals surface area contributed by atoms with E-state index >= 15 is 0 Å². The maximum atomic E-state index is 5.47. The van der Waals surface area contributed by atoms with Crippen molar-refractivity contribution in [3.8, 4) is 17.2 Å². The maximum absolute atomic E-state index is 5.47. The summed E-state index contributed by atoms with van der Waals surface area (Å²) in [6, 6.07) is 8.12. The molecule has 2 heterocycles. The third-order valence-electron chi connectivity index (χ3n) is 3.57. The minimum absolute atomic E-state index is 0.684. The minimum Gasteiger partial charge on any atom is -0.493 e. The molecule has 1 aliphatic heterocycles. The van der Waals surface area contributed by atoms with E-state index in [-0.39, 0.29) is 0 Å². The van der Waals surface area contributed by atoms with Crippen molar-refractivity contribution < 1.29 is 9.47 Å². The Balaban J connectivity index is 2.32. The maximum Gasteiger partial charge on any atom is 0.162 e. The fraction of sp³-hybridized carbons (Fsp3) is 0.267. The standard InChI is InChI=1S/C15H16N2O2S/c1-9-4-5-10-8-16-15(20)11-6-13(18-2)14(19-3)7-12(11)17(9)10/h4-7H,8H2,1-3H3,(H,16,20). The smallest absolute Gasteiger partial charge is 0.162 e. The van der Waals surface area contributed by atoms with Gasteiger partial charge in [-0.15, -0.1) is 0 Å². The van der Waals surface area contributed by atoms with E-state index in [0.29, 0.717) is 18.0 Å². The average Bonchev–Trinajstić information content (AvgIpc) is 2.77. The van der Waals surface area contributed by atoms with Crippen LogP contribution in [0.25, 0.3) is 5.69 Å². The predicted molar refractivity (Wildman–Crippen MR) is 82.1 cm³/mol. The van der Waals surface area contributed by atoms with Crippen LogP contribution in [-0.4, -0.2) is 23.8 Å². The van der Waals surface area contributed by atoms with Crippen LogP contribution in [0.2, 0.25) is 0 Å². The van der Waals surface area contributed by atoms with Gasteiger partial charge >= 0.3 is 0 Å². The third-order valence-corrected chi connectivity index (χ3v) is 3.94. The second-order valence-electron chi connectivity index (χ2n) is 4.71. The molecule has 0 bridgehead atoms. The molecule has 104 valence electrons. The Kier molecular flexibility index (Phi) is 3.14. The van der Waals surface area contributed by atoms with Crippen LogP contribution in [0.15, 0.2) is 24.3 Å². The van der Waals surface area contributed by atoms with E-state index in [0.717, 1.165) is 16.2 Å². The van der Waals surface area contributed by atoms with Crippen molar-refractivity contribution in [2.75, 3.05) is 14.2 Å². The van der Waals surface area contributed by atoms with E-state index in [1.165, 1.54) is 11.4 Å². The SMILES string of the molecule is COc1cc2c(cc1OC)-n1c(C)ccc1CNC2=S. The first-order valence-corrected chi connectivity index (χ1v) is 6.78. The van der Waals surface area contributed by atoms with Crippen molar-refractivity contribution in [2.24, 2.45) is 0 Å². The number of benzene rings is 1. The Hall–Kier alpha value is -2.01. The largest absolute Gasteiger partial charge is 0.493 e. The highest BCUT2D eigenvalue weighted by Crippen LogP contribution is 2.35. The van der Waals surface area contributed by atoms with Crippen LogP contribution in [0.1, 0.15) is 17.0 Å². The number of nitrogens with zero attached hydrogens (tertiary/aromatic N) is 1. The molecule has 0 fully saturated rings. The Morgan fingerprint density at radius 3 is 2.55 bits per heavy atom. The number of ether oxygens (including phenoxy) is 2. The predicted octanol–water partition coefficient (Wildman–Crippen LogP) is 2.58. The number of rotatable bonds is 2. The first kappa shape index (κ1) is 13.0. The van der Waals surface area contributed by atoms with Gasteiger partial charge < -0.3 is 19.4 Å². The van der Waals surface area contributed by atoms with Gasteiger partial charge in [-0.05, 0) is 25.1 Å². The highest BCUT2D eigenvalue weighted by Gasteiger charge is 2.21. The molecule has 5 heteroatoms. The number of aromatic nitrogens is 1. The molecule has 0 unspecified atom stereocenters. The minimum atomic E-state index is 0.684. The summed E-state index contributed by atoms with van der Waals surface area (Å²) in [7, 11) is 3.27. The van der Waals surface area contributed by atoms with Crippen LogP contribution < -0.4 is 14.8 Å². The number of hydrogen-bond donors (Lipinski definition) is 1. The monoisotopic (exact) mass is 288 g/mol. The van der Waals surface area contributed by atoms with Crippen molar-refractivity contribution in [1.29, 1.82) is 0 Å². The second kappa shape index (κ2) is 4.83. The molecule has 2 aromatic rings. The molecule has 0 spiro atoms. The Morgan fingerprint density at radius 2 is 1.85 bits per heavy atom. The van der Waals surface area contributed by atoms with E-state index in [1.54, 1.807) is 14.2 Å². The van der Waals surface area contributed by atoms with Gasteiger partial charge in [0.25, 0.3) is 0 Å². The third kappa shape index (κ3) is 1.86. The molecule has 0 amide bonds. The van der Waals surface area contributed by atoms with Gasteiger partial charge in [-0.1, -0.05) is 12.2 Å². The van der Waals surface area contributed by atoms with Crippen LogP contribution >= 0.6 is 12.2 Å². The number of methoxy groups -OCH3 is 2. The number of fused-ring (bicyclic) bond motifs is 3. The van der Waals surface area contributed by atoms with Crippen molar-refractivity contribution in [3.05, 3.63) is 41.2 Å². The summed E-state index contributed by atoms with van der Waals surface area (Å²) in [6.07, 6.45) is 0. The lowest BCUT2D eigenvalue weighted by Crippen LogP contribution is -2.20. The van der Waals surface area contributed by atoms with E-state index in [4.69, 9.17) is 21.7 Å². The molecule has 0 aliphatic carbocycles. The zero-order valence-electron chi connectivity index (χ0n) is 11.7. The average molecular weight is 288 g/mol. The van der Waals surface area contributed by atoms with Gasteiger partial charge in [0, 0.05) is 23.0 Å². The topological polar surface area (TPSA) is 35.4 Å². The molecule has 0 atom stereocenters. The van der Waals surface area contributed by atoms with Gasteiger partial charge in [0.1, 0.15) is 4.99 Å². The van der Waals surface area contributed by atoms with Gasteiger partial charge in [-0.3, -0.25) is 0 Å². The molecule has 1 aliphatic rings. The normalized spacial score (nSPS) is 13.1. The fourth-order valence-corrected chi connectivity index (χ4v) is 2.81. The van der Waals surface area contributed by atoms with Gasteiger partial charge in [0.2, 0.25) is 0 Å².